The lowest BCUT2D eigenvalue weighted by Gasteiger charge is -2.28. The number of fused-ring (bicyclic) bond motifs is 1. The minimum absolute atomic E-state index is 0.0618. The number of aromatic hydroxyl groups is 1. The number of para-hydroxylation sites is 1. The molecule has 6 aromatic rings. The van der Waals surface area contributed by atoms with Crippen molar-refractivity contribution in [1.29, 1.82) is 0 Å². The number of phenols is 1. The van der Waals surface area contributed by atoms with Crippen LogP contribution in [0.5, 0.6) is 5.75 Å². The van der Waals surface area contributed by atoms with Crippen molar-refractivity contribution in [2.24, 2.45) is 5.73 Å². The maximum atomic E-state index is 14.6. The average Bonchev–Trinajstić information content (AvgIpc) is 4.18. The zero-order chi connectivity index (χ0) is 52.4. The largest absolute Gasteiger partial charge is 0.508 e. The molecule has 0 fully saturated rings. The number of nitrogens with one attached hydrogen (secondary N) is 10. The summed E-state index contributed by atoms with van der Waals surface area (Å²) in [5.41, 5.74) is 8.54. The van der Waals surface area contributed by atoms with Gasteiger partial charge in [0, 0.05) is 73.0 Å². The van der Waals surface area contributed by atoms with E-state index in [2.05, 4.69) is 62.1 Å². The van der Waals surface area contributed by atoms with Crippen molar-refractivity contribution >= 4 is 58.2 Å². The number of hydrogen-bond acceptors (Lipinski definition) is 13. The van der Waals surface area contributed by atoms with E-state index < -0.39 is 103 Å². The Hall–Kier alpha value is -8.90. The fourth-order valence-electron chi connectivity index (χ4n) is 7.74. The second kappa shape index (κ2) is 25.8. The summed E-state index contributed by atoms with van der Waals surface area (Å²) >= 11 is 0. The molecule has 3 aromatic carbocycles. The van der Waals surface area contributed by atoms with Gasteiger partial charge in [-0.1, -0.05) is 60.7 Å². The zero-order valence-corrected chi connectivity index (χ0v) is 39.5. The van der Waals surface area contributed by atoms with Crippen molar-refractivity contribution in [3.05, 3.63) is 138 Å². The Balaban J connectivity index is 1.25. The summed E-state index contributed by atoms with van der Waals surface area (Å²) in [6.45, 7) is 0.283. The molecule has 73 heavy (non-hydrogen) atoms. The summed E-state index contributed by atoms with van der Waals surface area (Å²) in [5.74, 6) is -7.41. The number of aliphatic hydroxyl groups is 1. The normalized spacial score (nSPS) is 14.0. The minimum Gasteiger partial charge on any atom is -0.508 e. The number of benzene rings is 3. The fourth-order valence-corrected chi connectivity index (χ4v) is 7.74. The summed E-state index contributed by atoms with van der Waals surface area (Å²) in [6, 6.07) is 12.6. The lowest BCUT2D eigenvalue weighted by molar-refractivity contribution is -0.142. The summed E-state index contributed by atoms with van der Waals surface area (Å²) in [5, 5.41) is 49.4. The third-order valence-electron chi connectivity index (χ3n) is 11.6. The first-order chi connectivity index (χ1) is 35.1. The molecule has 0 saturated heterocycles. The van der Waals surface area contributed by atoms with Crippen LogP contribution in [0.2, 0.25) is 0 Å². The highest BCUT2D eigenvalue weighted by atomic mass is 16.4. The van der Waals surface area contributed by atoms with Crippen LogP contribution in [0, 0.1) is 0 Å². The quantitative estimate of drug-likeness (QED) is 0.0288. The lowest BCUT2D eigenvalue weighted by atomic mass is 10.0. The van der Waals surface area contributed by atoms with E-state index in [0.29, 0.717) is 28.1 Å². The van der Waals surface area contributed by atoms with Crippen molar-refractivity contribution in [2.45, 2.75) is 81.4 Å². The molecule has 0 radical (unpaired) electrons. The van der Waals surface area contributed by atoms with Gasteiger partial charge < -0.3 is 73.2 Å². The number of hydrogen-bond donors (Lipinski definition) is 14. The Morgan fingerprint density at radius 2 is 1.08 bits per heavy atom. The number of nitrogens with two attached hydrogens (primary N) is 1. The van der Waals surface area contributed by atoms with Gasteiger partial charge in [-0.15, -0.1) is 0 Å². The van der Waals surface area contributed by atoms with Crippen LogP contribution >= 0.6 is 0 Å². The van der Waals surface area contributed by atoms with Crippen LogP contribution in [0.25, 0.3) is 10.9 Å². The number of aromatic nitrogens is 5. The molecule has 0 aliphatic heterocycles. The van der Waals surface area contributed by atoms with E-state index in [0.717, 1.165) is 10.9 Å². The molecule has 6 rings (SSSR count). The van der Waals surface area contributed by atoms with Crippen LogP contribution in [0.4, 0.5) is 0 Å². The number of carboxylic acid groups (broad SMARTS) is 1. The Morgan fingerprint density at radius 3 is 1.66 bits per heavy atom. The maximum absolute atomic E-state index is 14.6. The van der Waals surface area contributed by atoms with Gasteiger partial charge >= 0.3 is 5.97 Å². The number of carboxylic acids is 1. The molecular formula is C49H57N13O11. The van der Waals surface area contributed by atoms with Crippen molar-refractivity contribution in [2.75, 3.05) is 13.1 Å². The molecule has 384 valence electrons. The number of aromatic amines is 3. The molecule has 0 unspecified atom stereocenters. The zero-order valence-electron chi connectivity index (χ0n) is 39.5. The summed E-state index contributed by atoms with van der Waals surface area (Å²) in [4.78, 5) is 125. The molecule has 15 N–H and O–H groups in total. The van der Waals surface area contributed by atoms with E-state index in [1.165, 1.54) is 56.2 Å². The monoisotopic (exact) mass is 1000 g/mol. The SMILES string of the molecule is C[C@@H](O)[C@H](NC(=O)[C@H](Cc1ccc(O)cc1)NC(=O)CNC(=O)CN)C(=O)N[C@@H](Cc1ccccc1)C(=O)N[C@@H](Cc1cnc[nH]1)C(=O)N[C@@H](Cc1c[nH]c2ccccc12)C(=O)N[C@@H](Cc1cnc[nH]1)C(=O)O. The Morgan fingerprint density at radius 1 is 0.575 bits per heavy atom. The molecule has 3 heterocycles. The molecule has 7 atom stereocenters. The van der Waals surface area contributed by atoms with Gasteiger partial charge in [-0.05, 0) is 41.8 Å². The van der Waals surface area contributed by atoms with Crippen LogP contribution < -0.4 is 43.0 Å². The molecule has 7 amide bonds. The summed E-state index contributed by atoms with van der Waals surface area (Å²) in [7, 11) is 0. The number of rotatable bonds is 26. The molecule has 24 nitrogen and oxygen atoms in total. The number of amides is 7. The third-order valence-corrected chi connectivity index (χ3v) is 11.6. The molecule has 24 heteroatoms. The van der Waals surface area contributed by atoms with Crippen LogP contribution in [0.1, 0.15) is 35.0 Å². The molecule has 0 aliphatic carbocycles. The van der Waals surface area contributed by atoms with Gasteiger partial charge in [0.15, 0.2) is 0 Å². The lowest BCUT2D eigenvalue weighted by Crippen LogP contribution is -2.62. The van der Waals surface area contributed by atoms with Crippen molar-refractivity contribution in [3.8, 4) is 5.75 Å². The summed E-state index contributed by atoms with van der Waals surface area (Å²) in [6.07, 6.45) is 4.82. The number of carbonyl (C=O) groups is 8. The van der Waals surface area contributed by atoms with Gasteiger partial charge in [-0.3, -0.25) is 33.6 Å². The van der Waals surface area contributed by atoms with E-state index in [1.807, 2.05) is 18.2 Å². The first kappa shape index (κ1) is 53.5. The Labute approximate surface area is 417 Å². The molecular weight excluding hydrogens is 947 g/mol. The number of phenolic OH excluding ortho intramolecular Hbond substituents is 1. The molecule has 0 saturated carbocycles. The minimum atomic E-state index is -1.73. The molecule has 0 spiro atoms. The molecule has 0 bridgehead atoms. The predicted molar refractivity (Wildman–Crippen MR) is 262 cm³/mol. The van der Waals surface area contributed by atoms with Crippen LogP contribution in [0.3, 0.4) is 0 Å². The molecule has 0 aliphatic rings. The van der Waals surface area contributed by atoms with Crippen molar-refractivity contribution in [3.63, 3.8) is 0 Å². The smallest absolute Gasteiger partial charge is 0.326 e. The van der Waals surface area contributed by atoms with E-state index >= 15 is 0 Å². The van der Waals surface area contributed by atoms with Crippen molar-refractivity contribution < 1.29 is 53.7 Å². The Bertz CT molecular complexity index is 2820. The Kier molecular flexibility index (Phi) is 18.9. The highest BCUT2D eigenvalue weighted by Gasteiger charge is 2.36. The number of aliphatic carboxylic acids is 1. The van der Waals surface area contributed by atoms with Gasteiger partial charge in [0.25, 0.3) is 0 Å². The molecule has 3 aromatic heterocycles. The van der Waals surface area contributed by atoms with Gasteiger partial charge in [-0.25, -0.2) is 14.8 Å². The highest BCUT2D eigenvalue weighted by molar-refractivity contribution is 5.98. The van der Waals surface area contributed by atoms with Crippen LogP contribution in [0.15, 0.2) is 110 Å². The third kappa shape index (κ3) is 15.8. The second-order valence-corrected chi connectivity index (χ2v) is 17.1. The average molecular weight is 1000 g/mol. The van der Waals surface area contributed by atoms with Crippen molar-refractivity contribution in [1.82, 2.24) is 62.1 Å². The van der Waals surface area contributed by atoms with E-state index in [4.69, 9.17) is 5.73 Å². The van der Waals surface area contributed by atoms with Gasteiger partial charge in [0.2, 0.25) is 41.4 Å². The number of imidazole rings is 2. The first-order valence-corrected chi connectivity index (χ1v) is 23.1. The maximum Gasteiger partial charge on any atom is 0.326 e. The van der Waals surface area contributed by atoms with E-state index in [9.17, 15) is 53.7 Å². The van der Waals surface area contributed by atoms with Crippen LogP contribution in [-0.4, -0.2) is 143 Å². The topological polar surface area (TPSA) is 381 Å². The van der Waals surface area contributed by atoms with Gasteiger partial charge in [-0.2, -0.15) is 0 Å². The fraction of sp³-hybridized carbons (Fsp3) is 0.306. The highest BCUT2D eigenvalue weighted by Crippen LogP contribution is 2.20. The number of nitrogens with zero attached hydrogens (tertiary/aromatic N) is 2. The van der Waals surface area contributed by atoms with Crippen LogP contribution in [-0.2, 0) is 70.5 Å². The van der Waals surface area contributed by atoms with E-state index in [1.54, 1.807) is 42.6 Å². The number of carbonyl (C=O) groups excluding carboxylic acids is 7. The first-order valence-electron chi connectivity index (χ1n) is 23.1. The second-order valence-electron chi connectivity index (χ2n) is 17.1. The van der Waals surface area contributed by atoms with Gasteiger partial charge in [0.1, 0.15) is 42.0 Å². The number of aliphatic hydroxyl groups excluding tert-OH is 1. The standard InChI is InChI=1S/C49H57N13O11/c1-27(63)43(62-47(70)36(16-29-11-13-33(64)14-12-29)57-42(66)24-54-41(65)20-50)48(71)60-37(15-28-7-3-2-4-8-28)44(67)59-39(18-31-22-51-25-55-31)46(69)58-38(17-30-21-53-35-10-6-5-9-34(30)35)45(68)61-40(49(72)73)19-32-23-52-26-56-32/h2-14,21-23,25-27,36-40,43,53,63-64H,15-20,24,50H2,1H3,(H,51,55)(H,52,56)(H,54,65)(H,57,66)(H,58,69)(H,59,67)(H,60,71)(H,61,68)(H,62,70)(H,72,73)/t27-,36+,37+,38+,39+,40+,43+/m1/s1. The number of H-pyrrole nitrogens is 3. The summed E-state index contributed by atoms with van der Waals surface area (Å²) < 4.78 is 0. The van der Waals surface area contributed by atoms with E-state index in [-0.39, 0.29) is 37.9 Å². The van der Waals surface area contributed by atoms with Gasteiger partial charge in [0.05, 0.1) is 31.8 Å². The predicted octanol–water partition coefficient (Wildman–Crippen LogP) is -1.72.